The molecule has 1 aromatic carbocycles. The van der Waals surface area contributed by atoms with Gasteiger partial charge in [0.15, 0.2) is 0 Å². The first-order chi connectivity index (χ1) is 10.1. The van der Waals surface area contributed by atoms with Gasteiger partial charge in [0, 0.05) is 17.9 Å². The Hall–Kier alpha value is -1.87. The zero-order chi connectivity index (χ0) is 15.0. The predicted octanol–water partition coefficient (Wildman–Crippen LogP) is 3.81. The summed E-state index contributed by atoms with van der Waals surface area (Å²) in [6.07, 6.45) is 0. The van der Waals surface area contributed by atoms with E-state index >= 15 is 0 Å². The quantitative estimate of drug-likeness (QED) is 0.911. The molecule has 0 aliphatic carbocycles. The number of carbonyl (C=O) groups is 1. The number of nitrogens with one attached hydrogen (secondary N) is 1. The van der Waals surface area contributed by atoms with E-state index in [1.165, 1.54) is 0 Å². The largest absolute Gasteiger partial charge is 0.465 e. The number of aryl methyl sites for hydroxylation is 1. The number of furan rings is 1. The number of Topliss-reactive ketones (excluding diaryl/α,β-unsaturated/α-hetero) is 1. The fraction of sp³-hybridized carbons (Fsp3) is 0.389. The monoisotopic (exact) mass is 283 g/mol. The van der Waals surface area contributed by atoms with Crippen LogP contribution in [-0.4, -0.2) is 5.78 Å². The fourth-order valence-electron chi connectivity index (χ4n) is 3.22. The Kier molecular flexibility index (Phi) is 3.68. The summed E-state index contributed by atoms with van der Waals surface area (Å²) >= 11 is 0. The molecule has 2 aromatic rings. The maximum atomic E-state index is 12.6. The van der Waals surface area contributed by atoms with Gasteiger partial charge in [-0.1, -0.05) is 44.2 Å². The van der Waals surface area contributed by atoms with Crippen LogP contribution in [0, 0.1) is 18.8 Å². The summed E-state index contributed by atoms with van der Waals surface area (Å²) in [6.45, 7) is 5.92. The fourth-order valence-corrected chi connectivity index (χ4v) is 3.22. The van der Waals surface area contributed by atoms with Crippen LogP contribution < -0.4 is 5.32 Å². The smallest absolute Gasteiger partial charge is 0.142 e. The van der Waals surface area contributed by atoms with Gasteiger partial charge >= 0.3 is 0 Å². The van der Waals surface area contributed by atoms with Gasteiger partial charge in [-0.25, -0.2) is 0 Å². The summed E-state index contributed by atoms with van der Waals surface area (Å²) < 4.78 is 5.75. The van der Waals surface area contributed by atoms with Crippen molar-refractivity contribution in [3.8, 4) is 0 Å². The molecule has 1 aliphatic heterocycles. The highest BCUT2D eigenvalue weighted by Crippen LogP contribution is 2.38. The Labute approximate surface area is 125 Å². The number of ketones is 1. The highest BCUT2D eigenvalue weighted by atomic mass is 16.3. The van der Waals surface area contributed by atoms with Crippen LogP contribution in [0.4, 0.5) is 0 Å². The molecule has 0 amide bonds. The van der Waals surface area contributed by atoms with Crippen LogP contribution in [-0.2, 0) is 4.79 Å². The Morgan fingerprint density at radius 1 is 0.952 bits per heavy atom. The molecule has 1 saturated heterocycles. The lowest BCUT2D eigenvalue weighted by Gasteiger charge is -2.38. The number of hydrogen-bond donors (Lipinski definition) is 1. The van der Waals surface area contributed by atoms with Gasteiger partial charge in [-0.05, 0) is 24.6 Å². The van der Waals surface area contributed by atoms with Crippen molar-refractivity contribution in [3.63, 3.8) is 0 Å². The van der Waals surface area contributed by atoms with Crippen LogP contribution in [0.2, 0.25) is 0 Å². The lowest BCUT2D eigenvalue weighted by atomic mass is 9.77. The van der Waals surface area contributed by atoms with Crippen molar-refractivity contribution >= 4 is 5.78 Å². The maximum Gasteiger partial charge on any atom is 0.142 e. The first-order valence-corrected chi connectivity index (χ1v) is 7.49. The van der Waals surface area contributed by atoms with Gasteiger partial charge in [0.05, 0.1) is 6.04 Å². The van der Waals surface area contributed by atoms with Gasteiger partial charge < -0.3 is 4.42 Å². The highest BCUT2D eigenvalue weighted by Gasteiger charge is 2.41. The number of rotatable bonds is 2. The molecule has 4 atom stereocenters. The second-order valence-corrected chi connectivity index (χ2v) is 5.96. The van der Waals surface area contributed by atoms with Crippen molar-refractivity contribution in [2.24, 2.45) is 11.8 Å². The number of hydrogen-bond acceptors (Lipinski definition) is 3. The molecule has 3 nitrogen and oxygen atoms in total. The summed E-state index contributed by atoms with van der Waals surface area (Å²) in [6, 6.07) is 14.0. The zero-order valence-corrected chi connectivity index (χ0v) is 12.7. The average Bonchev–Trinajstić information content (AvgIpc) is 2.92. The molecule has 110 valence electrons. The lowest BCUT2D eigenvalue weighted by Crippen LogP contribution is -2.46. The van der Waals surface area contributed by atoms with E-state index in [-0.39, 0.29) is 23.9 Å². The molecule has 1 N–H and O–H groups in total. The summed E-state index contributed by atoms with van der Waals surface area (Å²) in [5.74, 6) is 1.91. The third-order valence-corrected chi connectivity index (χ3v) is 4.48. The van der Waals surface area contributed by atoms with E-state index in [4.69, 9.17) is 4.42 Å². The van der Waals surface area contributed by atoms with Gasteiger partial charge in [0.25, 0.3) is 0 Å². The van der Waals surface area contributed by atoms with Crippen molar-refractivity contribution in [3.05, 3.63) is 59.5 Å². The molecule has 0 radical (unpaired) electrons. The summed E-state index contributed by atoms with van der Waals surface area (Å²) in [5, 5.41) is 3.61. The van der Waals surface area contributed by atoms with Gasteiger partial charge in [-0.2, -0.15) is 0 Å². The van der Waals surface area contributed by atoms with E-state index in [1.807, 2.05) is 51.1 Å². The average molecular weight is 283 g/mol. The molecule has 0 saturated carbocycles. The Morgan fingerprint density at radius 2 is 1.62 bits per heavy atom. The molecule has 1 aromatic heterocycles. The first kappa shape index (κ1) is 14.1. The molecule has 0 bridgehead atoms. The van der Waals surface area contributed by atoms with Crippen LogP contribution in [0.25, 0.3) is 0 Å². The number of carbonyl (C=O) groups excluding carboxylic acids is 1. The third-order valence-electron chi connectivity index (χ3n) is 4.48. The first-order valence-electron chi connectivity index (χ1n) is 7.49. The van der Waals surface area contributed by atoms with E-state index in [9.17, 15) is 4.79 Å². The molecule has 1 aliphatic rings. The van der Waals surface area contributed by atoms with Crippen LogP contribution in [0.15, 0.2) is 46.9 Å². The third kappa shape index (κ3) is 2.54. The lowest BCUT2D eigenvalue weighted by molar-refractivity contribution is -0.131. The minimum Gasteiger partial charge on any atom is -0.465 e. The topological polar surface area (TPSA) is 42.2 Å². The van der Waals surface area contributed by atoms with Crippen LogP contribution in [0.3, 0.4) is 0 Å². The molecule has 0 unspecified atom stereocenters. The molecule has 3 rings (SSSR count). The highest BCUT2D eigenvalue weighted by molar-refractivity contribution is 5.85. The van der Waals surface area contributed by atoms with E-state index in [1.54, 1.807) is 0 Å². The van der Waals surface area contributed by atoms with Crippen molar-refractivity contribution in [1.82, 2.24) is 5.32 Å². The Balaban J connectivity index is 1.94. The summed E-state index contributed by atoms with van der Waals surface area (Å²) in [4.78, 5) is 12.6. The summed E-state index contributed by atoms with van der Waals surface area (Å²) in [5.41, 5.74) is 1.15. The number of piperidine rings is 1. The number of benzene rings is 1. The van der Waals surface area contributed by atoms with Crippen LogP contribution in [0.5, 0.6) is 0 Å². The predicted molar refractivity (Wildman–Crippen MR) is 81.8 cm³/mol. The van der Waals surface area contributed by atoms with Crippen molar-refractivity contribution in [1.29, 1.82) is 0 Å². The molecular weight excluding hydrogens is 262 g/mol. The molecule has 2 heterocycles. The SMILES string of the molecule is Cc1ccc([C@H]2N[C@@H](c3ccccc3)[C@H](C)C(=O)[C@@H]2C)o1. The minimum atomic E-state index is -0.0782. The van der Waals surface area contributed by atoms with Gasteiger partial charge in [-0.3, -0.25) is 10.1 Å². The zero-order valence-electron chi connectivity index (χ0n) is 12.7. The molecule has 1 fully saturated rings. The van der Waals surface area contributed by atoms with Gasteiger partial charge in [-0.15, -0.1) is 0 Å². The second kappa shape index (κ2) is 5.49. The van der Waals surface area contributed by atoms with Gasteiger partial charge in [0.1, 0.15) is 17.3 Å². The molecule has 3 heteroatoms. The van der Waals surface area contributed by atoms with Crippen molar-refractivity contribution in [2.45, 2.75) is 32.9 Å². The van der Waals surface area contributed by atoms with E-state index < -0.39 is 0 Å². The molecule has 0 spiro atoms. The van der Waals surface area contributed by atoms with Crippen LogP contribution in [0.1, 0.15) is 43.0 Å². The standard InChI is InChI=1S/C18H21NO2/c1-11-9-10-15(21-11)17-13(3)18(20)12(2)16(19-17)14-7-5-4-6-8-14/h4-10,12-13,16-17,19H,1-3H3/t12-,13+,16+,17-/m0/s1. The Morgan fingerprint density at radius 3 is 2.24 bits per heavy atom. The Bertz CT molecular complexity index is 632. The van der Waals surface area contributed by atoms with Crippen molar-refractivity contribution < 1.29 is 9.21 Å². The minimum absolute atomic E-state index is 0.0327. The molecular formula is C18H21NO2. The summed E-state index contributed by atoms with van der Waals surface area (Å²) in [7, 11) is 0. The normalized spacial score (nSPS) is 29.6. The molecule has 21 heavy (non-hydrogen) atoms. The van der Waals surface area contributed by atoms with E-state index in [0.717, 1.165) is 17.1 Å². The van der Waals surface area contributed by atoms with Crippen molar-refractivity contribution in [2.75, 3.05) is 0 Å². The van der Waals surface area contributed by atoms with E-state index in [0.29, 0.717) is 5.78 Å². The van der Waals surface area contributed by atoms with Gasteiger partial charge in [0.2, 0.25) is 0 Å². The second-order valence-electron chi connectivity index (χ2n) is 5.96. The maximum absolute atomic E-state index is 12.6. The van der Waals surface area contributed by atoms with Crippen LogP contribution >= 0.6 is 0 Å². The van der Waals surface area contributed by atoms with E-state index in [2.05, 4.69) is 17.4 Å².